The zero-order valence-corrected chi connectivity index (χ0v) is 20.7. The summed E-state index contributed by atoms with van der Waals surface area (Å²) in [6.07, 6.45) is 0. The number of allylic oxidation sites excluding steroid dienone is 2. The van der Waals surface area contributed by atoms with Gasteiger partial charge in [0.1, 0.15) is 11.4 Å². The van der Waals surface area contributed by atoms with Gasteiger partial charge in [0.05, 0.1) is 19.8 Å². The number of nitrogens with zero attached hydrogens (tertiary/aromatic N) is 3. The van der Waals surface area contributed by atoms with Crippen LogP contribution in [0.5, 0.6) is 0 Å². The Labute approximate surface area is 197 Å². The second kappa shape index (κ2) is 12.6. The van der Waals surface area contributed by atoms with E-state index in [1.807, 2.05) is 37.5 Å². The lowest BCUT2D eigenvalue weighted by molar-refractivity contribution is -0.130. The summed E-state index contributed by atoms with van der Waals surface area (Å²) in [6.45, 7) is 10.7. The average Bonchev–Trinajstić information content (AvgIpc) is 2.81. The van der Waals surface area contributed by atoms with Crippen LogP contribution < -0.4 is 0 Å². The number of benzene rings is 1. The van der Waals surface area contributed by atoms with Crippen LogP contribution in [0.1, 0.15) is 48.4 Å². The Morgan fingerprint density at radius 3 is 1.82 bits per heavy atom. The van der Waals surface area contributed by atoms with Crippen molar-refractivity contribution in [3.8, 4) is 0 Å². The van der Waals surface area contributed by atoms with Crippen LogP contribution in [0.2, 0.25) is 0 Å². The topological polar surface area (TPSA) is 79.4 Å². The Morgan fingerprint density at radius 2 is 1.39 bits per heavy atom. The molecule has 0 saturated heterocycles. The van der Waals surface area contributed by atoms with E-state index in [0.717, 1.165) is 0 Å². The van der Waals surface area contributed by atoms with Crippen LogP contribution in [0.15, 0.2) is 35.7 Å². The summed E-state index contributed by atoms with van der Waals surface area (Å²) in [6, 6.07) is 6.80. The largest absolute Gasteiger partial charge is 0.383 e. The van der Waals surface area contributed by atoms with Crippen LogP contribution in [-0.2, 0) is 14.3 Å². The summed E-state index contributed by atoms with van der Waals surface area (Å²) in [4.78, 5) is 46.0. The van der Waals surface area contributed by atoms with Gasteiger partial charge in [0.2, 0.25) is 17.5 Å². The monoisotopic (exact) mass is 459 g/mol. The van der Waals surface area contributed by atoms with Gasteiger partial charge in [-0.15, -0.1) is 0 Å². The summed E-state index contributed by atoms with van der Waals surface area (Å²) in [5.74, 6) is -0.759. The third kappa shape index (κ3) is 6.07. The van der Waals surface area contributed by atoms with Crippen molar-refractivity contribution in [3.63, 3.8) is 0 Å². The fourth-order valence-corrected chi connectivity index (χ4v) is 4.09. The fourth-order valence-electron chi connectivity index (χ4n) is 4.09. The molecule has 8 nitrogen and oxygen atoms in total. The molecule has 0 fully saturated rings. The molecule has 1 amide bonds. The number of hydrogen-bond acceptors (Lipinski definition) is 7. The van der Waals surface area contributed by atoms with Crippen molar-refractivity contribution in [1.82, 2.24) is 14.7 Å². The van der Waals surface area contributed by atoms with Crippen molar-refractivity contribution < 1.29 is 23.9 Å². The SMILES string of the molecule is CCN(C(=O)CN(CCOC)CCOC)C1=C(N(CC)C(C)C)C(=O)c2ccccc2C1=O. The van der Waals surface area contributed by atoms with Crippen molar-refractivity contribution in [2.45, 2.75) is 33.7 Å². The molecular formula is C25H37N3O5. The molecule has 0 spiro atoms. The maximum absolute atomic E-state index is 13.7. The highest BCUT2D eigenvalue weighted by Gasteiger charge is 2.39. The van der Waals surface area contributed by atoms with E-state index >= 15 is 0 Å². The predicted octanol–water partition coefficient (Wildman–Crippen LogP) is 2.45. The number of rotatable bonds is 13. The van der Waals surface area contributed by atoms with Crippen molar-refractivity contribution in [1.29, 1.82) is 0 Å². The molecule has 33 heavy (non-hydrogen) atoms. The number of ether oxygens (including phenoxy) is 2. The van der Waals surface area contributed by atoms with E-state index in [4.69, 9.17) is 9.47 Å². The lowest BCUT2D eigenvalue weighted by Gasteiger charge is -2.37. The van der Waals surface area contributed by atoms with Gasteiger partial charge in [0, 0.05) is 57.6 Å². The van der Waals surface area contributed by atoms with Gasteiger partial charge in [-0.1, -0.05) is 24.3 Å². The first kappa shape index (κ1) is 26.7. The van der Waals surface area contributed by atoms with Crippen LogP contribution in [0.4, 0.5) is 0 Å². The summed E-state index contributed by atoms with van der Waals surface area (Å²) < 4.78 is 10.3. The van der Waals surface area contributed by atoms with Gasteiger partial charge in [-0.3, -0.25) is 19.3 Å². The van der Waals surface area contributed by atoms with Crippen molar-refractivity contribution in [2.24, 2.45) is 0 Å². The lowest BCUT2D eigenvalue weighted by atomic mass is 9.88. The minimum atomic E-state index is -0.296. The van der Waals surface area contributed by atoms with Gasteiger partial charge in [-0.25, -0.2) is 0 Å². The van der Waals surface area contributed by atoms with Gasteiger partial charge < -0.3 is 19.3 Å². The van der Waals surface area contributed by atoms with Gasteiger partial charge in [-0.2, -0.15) is 0 Å². The summed E-state index contributed by atoms with van der Waals surface area (Å²) >= 11 is 0. The van der Waals surface area contributed by atoms with Gasteiger partial charge in [0.15, 0.2) is 0 Å². The number of ketones is 2. The molecule has 0 aromatic heterocycles. The molecule has 0 N–H and O–H groups in total. The number of carbonyl (C=O) groups excluding carboxylic acids is 3. The molecule has 182 valence electrons. The molecule has 0 saturated carbocycles. The number of amides is 1. The standard InChI is InChI=1S/C25H37N3O5/c1-7-27(18(3)4)22-23(25(31)20-12-10-9-11-19(20)24(22)30)28(8-2)21(29)17-26(13-15-32-5)14-16-33-6/h9-12,18H,7-8,13-17H2,1-6H3. The molecule has 0 heterocycles. The number of fused-ring (bicyclic) bond motifs is 1. The number of Topliss-reactive ketones (excluding diaryl/α,β-unsaturated/α-hetero) is 2. The first-order valence-electron chi connectivity index (χ1n) is 11.5. The smallest absolute Gasteiger partial charge is 0.241 e. The average molecular weight is 460 g/mol. The Morgan fingerprint density at radius 1 is 0.879 bits per heavy atom. The Balaban J connectivity index is 2.53. The summed E-state index contributed by atoms with van der Waals surface area (Å²) in [5.41, 5.74) is 1.18. The second-order valence-electron chi connectivity index (χ2n) is 8.18. The highest BCUT2D eigenvalue weighted by atomic mass is 16.5. The van der Waals surface area contributed by atoms with Crippen LogP contribution in [0, 0.1) is 0 Å². The Bertz CT molecular complexity index is 873. The molecule has 0 bridgehead atoms. The van der Waals surface area contributed by atoms with Gasteiger partial charge >= 0.3 is 0 Å². The first-order valence-corrected chi connectivity index (χ1v) is 11.5. The Hall–Kier alpha value is -2.55. The maximum Gasteiger partial charge on any atom is 0.241 e. The third-order valence-electron chi connectivity index (χ3n) is 5.79. The van der Waals surface area contributed by atoms with Crippen LogP contribution in [-0.4, -0.2) is 98.4 Å². The fraction of sp³-hybridized carbons (Fsp3) is 0.560. The number of carbonyl (C=O) groups is 3. The molecule has 8 heteroatoms. The molecule has 0 aliphatic heterocycles. The van der Waals surface area contributed by atoms with Crippen molar-refractivity contribution in [2.75, 3.05) is 60.2 Å². The zero-order chi connectivity index (χ0) is 24.5. The van der Waals surface area contributed by atoms with E-state index in [9.17, 15) is 14.4 Å². The highest BCUT2D eigenvalue weighted by Crippen LogP contribution is 2.31. The van der Waals surface area contributed by atoms with E-state index < -0.39 is 0 Å². The first-order chi connectivity index (χ1) is 15.8. The molecule has 1 aliphatic carbocycles. The van der Waals surface area contributed by atoms with E-state index in [0.29, 0.717) is 49.7 Å². The lowest BCUT2D eigenvalue weighted by Crippen LogP contribution is -2.47. The van der Waals surface area contributed by atoms with E-state index in [1.165, 1.54) is 4.90 Å². The molecule has 0 radical (unpaired) electrons. The number of hydrogen-bond donors (Lipinski definition) is 0. The quantitative estimate of drug-likeness (QED) is 0.448. The molecule has 1 aromatic carbocycles. The molecule has 0 unspecified atom stereocenters. The number of likely N-dealkylation sites (N-methyl/N-ethyl adjacent to an activating group) is 2. The normalized spacial score (nSPS) is 13.7. The van der Waals surface area contributed by atoms with E-state index in [2.05, 4.69) is 0 Å². The van der Waals surface area contributed by atoms with E-state index in [-0.39, 0.29) is 42.3 Å². The van der Waals surface area contributed by atoms with Crippen molar-refractivity contribution >= 4 is 17.5 Å². The van der Waals surface area contributed by atoms with Crippen molar-refractivity contribution in [3.05, 3.63) is 46.8 Å². The minimum Gasteiger partial charge on any atom is -0.383 e. The molecule has 1 aliphatic rings. The van der Waals surface area contributed by atoms with Crippen LogP contribution in [0.25, 0.3) is 0 Å². The van der Waals surface area contributed by atoms with Gasteiger partial charge in [-0.05, 0) is 27.7 Å². The summed E-state index contributed by atoms with van der Waals surface area (Å²) in [7, 11) is 3.22. The minimum absolute atomic E-state index is 0.0178. The molecule has 0 atom stereocenters. The van der Waals surface area contributed by atoms with E-state index in [1.54, 1.807) is 38.5 Å². The summed E-state index contributed by atoms with van der Waals surface area (Å²) in [5, 5.41) is 0. The zero-order valence-electron chi connectivity index (χ0n) is 20.7. The van der Waals surface area contributed by atoms with Crippen LogP contribution >= 0.6 is 0 Å². The van der Waals surface area contributed by atoms with Gasteiger partial charge in [0.25, 0.3) is 0 Å². The highest BCUT2D eigenvalue weighted by molar-refractivity contribution is 6.27. The molecular weight excluding hydrogens is 422 g/mol. The van der Waals surface area contributed by atoms with Crippen LogP contribution in [0.3, 0.4) is 0 Å². The predicted molar refractivity (Wildman–Crippen MR) is 127 cm³/mol. The second-order valence-corrected chi connectivity index (χ2v) is 8.18. The molecule has 2 rings (SSSR count). The number of methoxy groups -OCH3 is 2. The molecule has 1 aromatic rings. The third-order valence-corrected chi connectivity index (χ3v) is 5.79. The Kier molecular flexibility index (Phi) is 10.2. The maximum atomic E-state index is 13.7.